The van der Waals surface area contributed by atoms with Crippen molar-refractivity contribution in [2.45, 2.75) is 0 Å². The minimum Gasteiger partial charge on any atom is -2.00 e. The van der Waals surface area contributed by atoms with Crippen LogP contribution in [0.5, 0.6) is 0 Å². The van der Waals surface area contributed by atoms with Gasteiger partial charge >= 0.3 is 279 Å². The van der Waals surface area contributed by atoms with E-state index in [1.807, 2.05) is 0 Å². The van der Waals surface area contributed by atoms with E-state index in [1.54, 1.807) is 0 Å². The van der Waals surface area contributed by atoms with Gasteiger partial charge in [0.05, 0.1) is 0 Å². The summed E-state index contributed by atoms with van der Waals surface area (Å²) in [4.78, 5) is 101. The van der Waals surface area contributed by atoms with Crippen molar-refractivity contribution in [3.63, 3.8) is 0 Å². The topological polar surface area (TPSA) is 620 Å². The molecule has 0 rings (SSSR count). The standard InChI is InChI=1S/4CH2O3.3Ce.3Na.4O3Si.4O.3Ti/c4*2-1(3)4;;;;;;;4*1-4(2)3;;;;;;;/h4*(H2,2,3,4);;;;;;;;;;;;;;;;;/q;;;;3*+3;3*+1;8*-2;3*+4/p-8. The maximum Gasteiger partial charge on any atom is 4.00 e. The van der Waals surface area contributed by atoms with Crippen molar-refractivity contribution in [1.29, 1.82) is 0 Å². The molecule has 0 aromatic rings. The molecule has 0 aromatic heterocycles. The van der Waals surface area contributed by atoms with Gasteiger partial charge in [0.1, 0.15) is 0 Å². The molecule has 0 aliphatic carbocycles. The van der Waals surface area contributed by atoms with Crippen LogP contribution in [-0.2, 0) is 105 Å². The molecule has 0 saturated carbocycles. The van der Waals surface area contributed by atoms with Gasteiger partial charge in [0, 0.05) is 36.7 Å². The minimum absolute atomic E-state index is 0. The van der Waals surface area contributed by atoms with Gasteiger partial charge in [-0.15, -0.1) is 0 Å². The van der Waals surface area contributed by atoms with Crippen LogP contribution in [-0.4, -0.2) is 61.3 Å². The first-order valence-electron chi connectivity index (χ1n) is 4.90. The van der Waals surface area contributed by atoms with Gasteiger partial charge in [0.25, 0.3) is 0 Å². The number of carbonyl (C=O) groups is 4. The van der Waals surface area contributed by atoms with Crippen LogP contribution in [0.2, 0.25) is 0 Å². The summed E-state index contributed by atoms with van der Waals surface area (Å²) in [6.45, 7) is 0. The van der Waals surface area contributed by atoms with E-state index in [9.17, 15) is 0 Å². The van der Waals surface area contributed by atoms with E-state index in [0.29, 0.717) is 0 Å². The Kier molecular flexibility index (Phi) is 428. The Morgan fingerprint density at radius 3 is 0.311 bits per heavy atom. The summed E-state index contributed by atoms with van der Waals surface area (Å²) in [6, 6.07) is 0. The maximum absolute atomic E-state index is 8.52. The smallest absolute Gasteiger partial charge is 2.00 e. The molecule has 0 N–H and O–H groups in total. The zero-order valence-corrected chi connectivity index (χ0v) is 45.5. The van der Waals surface area contributed by atoms with Gasteiger partial charge in [0.2, 0.25) is 0 Å². The summed E-state index contributed by atoms with van der Waals surface area (Å²) in [6.07, 6.45) is -9.33. The van der Waals surface area contributed by atoms with Gasteiger partial charge in [-0.2, -0.15) is 0 Å². The van der Waals surface area contributed by atoms with Crippen LogP contribution in [0.3, 0.4) is 0 Å². The molecule has 45 heavy (non-hydrogen) atoms. The summed E-state index contributed by atoms with van der Waals surface area (Å²) in [5.41, 5.74) is 0. The quantitative estimate of drug-likeness (QED) is 0.203. The third-order valence-electron chi connectivity index (χ3n) is 0. The van der Waals surface area contributed by atoms with Crippen molar-refractivity contribution in [2.75, 3.05) is 0 Å². The molecule has 3 radical (unpaired) electrons. The Hall–Kier alpha value is 4.66. The van der Waals surface area contributed by atoms with Crippen molar-refractivity contribution in [3.8, 4) is 0 Å². The molecule has 28 nitrogen and oxygen atoms in total. The third kappa shape index (κ3) is 4880. The monoisotopic (exact) mass is 1240 g/mol. The van der Waals surface area contributed by atoms with E-state index in [4.69, 9.17) is 116 Å². The molecule has 0 spiro atoms. The molecule has 0 aromatic carbocycles. The first-order valence-corrected chi connectivity index (χ1v) is 9.80. The first kappa shape index (κ1) is 143. The molecule has 41 heteroatoms. The zero-order chi connectivity index (χ0) is 28.6. The second-order valence-corrected chi connectivity index (χ2v) is 4.00. The van der Waals surface area contributed by atoms with Crippen molar-refractivity contribution in [1.82, 2.24) is 0 Å². The number of carbonyl (C=O) groups excluding carboxylic acids is 4. The number of hydrogen-bond donors (Lipinski definition) is 0. The molecule has 227 valence electrons. The summed E-state index contributed by atoms with van der Waals surface area (Å²) < 4.78 is 34.1. The zero-order valence-electron chi connectivity index (χ0n) is 21.4. The van der Waals surface area contributed by atoms with E-state index < -0.39 is 61.3 Å². The van der Waals surface area contributed by atoms with Crippen LogP contribution in [0.25, 0.3) is 0 Å². The summed E-state index contributed by atoms with van der Waals surface area (Å²) in [7, 11) is -14.5. The molecule has 0 fully saturated rings. The molecule has 0 aliphatic heterocycles. The molecule has 0 unspecified atom stereocenters. The Bertz CT molecular complexity index is 410. The van der Waals surface area contributed by atoms with Gasteiger partial charge in [-0.3, -0.25) is 0 Å². The molecule has 0 atom stereocenters. The van der Waals surface area contributed by atoms with Gasteiger partial charge in [0.15, 0.2) is 0 Å². The number of hydrogen-bond acceptors (Lipinski definition) is 24. The van der Waals surface area contributed by atoms with Gasteiger partial charge in [-0.25, -0.2) is 0 Å². The van der Waals surface area contributed by atoms with E-state index >= 15 is 0 Å². The first-order chi connectivity index (χ1) is 13.9. The van der Waals surface area contributed by atoms with Crippen LogP contribution in [0.4, 0.5) is 19.2 Å². The molecule has 0 heterocycles. The molecule has 0 bridgehead atoms. The second kappa shape index (κ2) is 135. The largest absolute Gasteiger partial charge is 4.00 e. The van der Waals surface area contributed by atoms with Crippen LogP contribution in [0.15, 0.2) is 0 Å². The Morgan fingerprint density at radius 1 is 0.311 bits per heavy atom. The van der Waals surface area contributed by atoms with Crippen molar-refractivity contribution in [2.24, 2.45) is 0 Å². The van der Waals surface area contributed by atoms with Crippen LogP contribution < -0.4 is 168 Å². The summed E-state index contributed by atoms with van der Waals surface area (Å²) >= 11 is 0. The number of rotatable bonds is 0. The van der Waals surface area contributed by atoms with Gasteiger partial charge in [-0.1, -0.05) is 0 Å². The molecular weight excluding hydrogens is 1240 g/mol. The number of carboxylic acid groups (broad SMARTS) is 8. The van der Waals surface area contributed by atoms with Crippen molar-refractivity contribution in [3.05, 3.63) is 0 Å². The van der Waals surface area contributed by atoms with Crippen LogP contribution in [0.1, 0.15) is 0 Å². The summed E-state index contributed by atoms with van der Waals surface area (Å²) in [5.74, 6) is 0. The van der Waals surface area contributed by atoms with Gasteiger partial charge in [-0.05, 0) is 24.6 Å². The fourth-order valence-electron chi connectivity index (χ4n) is 0. The van der Waals surface area contributed by atoms with Crippen LogP contribution in [0, 0.1) is 125 Å². The molecular formula is C4Ce3Na3O28Si4Ti3. The van der Waals surface area contributed by atoms with E-state index in [1.165, 1.54) is 0 Å². The predicted octanol–water partition coefficient (Wildman–Crippen LogP) is -30.8. The average Bonchev–Trinajstić information content (AvgIpc) is 2.30. The molecule has 0 saturated heterocycles. The fourth-order valence-corrected chi connectivity index (χ4v) is 0. The van der Waals surface area contributed by atoms with E-state index in [0.717, 1.165) is 0 Å². The third-order valence-corrected chi connectivity index (χ3v) is 0. The normalized spacial score (nSPS) is 4.27. The Morgan fingerprint density at radius 2 is 0.311 bits per heavy atom. The average molecular weight is 1240 g/mol. The summed E-state index contributed by atoms with van der Waals surface area (Å²) in [5, 5.41) is 66.7. The predicted molar refractivity (Wildman–Crippen MR) is 50.1 cm³/mol. The van der Waals surface area contributed by atoms with Crippen LogP contribution >= 0.6 is 0 Å². The minimum atomic E-state index is -3.63. The fraction of sp³-hybridized carbons (Fsp3) is 0. The molecule has 0 amide bonds. The van der Waals surface area contributed by atoms with E-state index in [-0.39, 0.29) is 301 Å². The Labute approximate surface area is 468 Å². The maximum atomic E-state index is 8.52. The SMILES string of the molecule is O=C([O-])[O-].O=C([O-])[O-].O=C([O-])[O-].O=C([O-])[O-].O=[Si]([O-])[O-].O=[Si]([O-])[O-].O=[Si]([O-])[O-].O=[Si]([O-])[O-].[Ce+3].[Ce+3].[Ce+3].[Na+].[Na+].[Na+].[O-2].[O-2].[O-2].[O-2].[Ti+4].[Ti+4].[Ti+4]. The van der Waals surface area contributed by atoms with E-state index in [2.05, 4.69) is 0 Å². The van der Waals surface area contributed by atoms with Gasteiger partial charge < -0.3 is 138 Å². The molecule has 0 aliphatic rings. The van der Waals surface area contributed by atoms with Crippen molar-refractivity contribution >= 4 is 61.3 Å². The Balaban J connectivity index is -0.00000000739. The second-order valence-electron chi connectivity index (χ2n) is 2.00. The van der Waals surface area contributed by atoms with Crippen molar-refractivity contribution < 1.29 is 417 Å².